The van der Waals surface area contributed by atoms with Crippen LogP contribution in [0.4, 0.5) is 5.69 Å². The van der Waals surface area contributed by atoms with E-state index in [1.54, 1.807) is 12.0 Å². The van der Waals surface area contributed by atoms with Gasteiger partial charge in [0, 0.05) is 12.1 Å². The zero-order valence-corrected chi connectivity index (χ0v) is 18.6. The zero-order chi connectivity index (χ0) is 21.3. The van der Waals surface area contributed by atoms with Gasteiger partial charge >= 0.3 is 0 Å². The number of para-hydroxylation sites is 2. The summed E-state index contributed by atoms with van der Waals surface area (Å²) < 4.78 is 11.5. The smallest absolute Gasteiger partial charge is 0.266 e. The molecule has 2 aromatic carbocycles. The van der Waals surface area contributed by atoms with Crippen LogP contribution in [0.25, 0.3) is 6.08 Å². The minimum absolute atomic E-state index is 0.0445. The molecule has 0 aliphatic carbocycles. The van der Waals surface area contributed by atoms with Crippen molar-refractivity contribution < 1.29 is 14.3 Å². The molecule has 0 saturated carbocycles. The Kier molecular flexibility index (Phi) is 7.97. The summed E-state index contributed by atoms with van der Waals surface area (Å²) in [6.07, 6.45) is 5.11. The number of hydrogen-bond acceptors (Lipinski definition) is 5. The molecule has 3 rings (SSSR count). The molecule has 1 aliphatic heterocycles. The van der Waals surface area contributed by atoms with Crippen LogP contribution in [0.2, 0.25) is 0 Å². The number of nitrogens with zero attached hydrogens (tertiary/aromatic N) is 2. The molecule has 1 fully saturated rings. The quantitative estimate of drug-likeness (QED) is 0.372. The van der Waals surface area contributed by atoms with Crippen molar-refractivity contribution in [1.29, 1.82) is 0 Å². The molecule has 0 spiro atoms. The summed E-state index contributed by atoms with van der Waals surface area (Å²) in [7, 11) is 1.63. The highest BCUT2D eigenvalue weighted by atomic mass is 32.2. The lowest BCUT2D eigenvalue weighted by atomic mass is 10.1. The van der Waals surface area contributed by atoms with E-state index in [1.165, 1.54) is 11.8 Å². The monoisotopic (exact) mass is 424 g/mol. The van der Waals surface area contributed by atoms with E-state index in [0.29, 0.717) is 34.7 Å². The number of methoxy groups -OCH3 is 1. The van der Waals surface area contributed by atoms with Crippen molar-refractivity contribution in [2.45, 2.75) is 33.1 Å². The Bertz CT molecular complexity index is 925. The van der Waals surface area contributed by atoms with Crippen LogP contribution in [0.5, 0.6) is 11.5 Å². The second-order valence-corrected chi connectivity index (χ2v) is 7.83. The second-order valence-electron chi connectivity index (χ2n) is 6.82. The highest BCUT2D eigenvalue weighted by Gasteiger charge is 2.32. The van der Waals surface area contributed by atoms with E-state index in [0.717, 1.165) is 30.5 Å². The Morgan fingerprint density at radius 2 is 1.87 bits per heavy atom. The predicted octanol–water partition coefficient (Wildman–Crippen LogP) is 5.89. The molecule has 1 amide bonds. The third-order valence-electron chi connectivity index (χ3n) is 4.70. The first-order valence-corrected chi connectivity index (χ1v) is 11.1. The molecule has 5 nitrogen and oxygen atoms in total. The van der Waals surface area contributed by atoms with Gasteiger partial charge in [0.25, 0.3) is 5.91 Å². The molecule has 0 N–H and O–H groups in total. The first kappa shape index (κ1) is 22.0. The lowest BCUT2D eigenvalue weighted by Crippen LogP contribution is -2.28. The molecule has 6 heteroatoms. The summed E-state index contributed by atoms with van der Waals surface area (Å²) in [5.41, 5.74) is 1.66. The van der Waals surface area contributed by atoms with E-state index in [1.807, 2.05) is 61.5 Å². The van der Waals surface area contributed by atoms with Gasteiger partial charge < -0.3 is 9.47 Å². The van der Waals surface area contributed by atoms with E-state index in [9.17, 15) is 4.79 Å². The minimum atomic E-state index is -0.0445. The van der Waals surface area contributed by atoms with Gasteiger partial charge in [0.2, 0.25) is 0 Å². The normalized spacial score (nSPS) is 16.5. The van der Waals surface area contributed by atoms with Crippen LogP contribution in [0.15, 0.2) is 58.4 Å². The van der Waals surface area contributed by atoms with Crippen LogP contribution in [0, 0.1) is 0 Å². The van der Waals surface area contributed by atoms with E-state index < -0.39 is 0 Å². The molecule has 30 heavy (non-hydrogen) atoms. The third-order valence-corrected chi connectivity index (χ3v) is 5.70. The molecular weight excluding hydrogens is 396 g/mol. The number of ether oxygens (including phenoxy) is 2. The molecule has 2 aromatic rings. The Labute approximate surface area is 182 Å². The van der Waals surface area contributed by atoms with Gasteiger partial charge in [-0.05, 0) is 49.4 Å². The SMILES string of the molecule is CCCCCOc1c(C=C2SC(=Nc3ccccc3)N(CC)C2=O)cccc1OC. The Balaban J connectivity index is 1.90. The number of amides is 1. The standard InChI is InChI=1S/C24H28N2O3S/c1-4-6-10-16-29-22-18(12-11-15-20(22)28-3)17-21-23(27)26(5-2)24(30-21)25-19-13-8-7-9-14-19/h7-9,11-15,17H,4-6,10,16H2,1-3H3. The van der Waals surface area contributed by atoms with Gasteiger partial charge in [0.05, 0.1) is 24.3 Å². The number of rotatable bonds is 9. The van der Waals surface area contributed by atoms with Crippen LogP contribution in [-0.4, -0.2) is 36.2 Å². The predicted molar refractivity (Wildman–Crippen MR) is 125 cm³/mol. The van der Waals surface area contributed by atoms with Crippen molar-refractivity contribution in [2.75, 3.05) is 20.3 Å². The van der Waals surface area contributed by atoms with E-state index in [-0.39, 0.29) is 5.91 Å². The fourth-order valence-corrected chi connectivity index (χ4v) is 4.17. The van der Waals surface area contributed by atoms with Crippen molar-refractivity contribution in [3.63, 3.8) is 0 Å². The maximum atomic E-state index is 13.0. The molecule has 1 aliphatic rings. The second kappa shape index (κ2) is 10.9. The molecule has 0 unspecified atom stereocenters. The molecular formula is C24H28N2O3S. The molecule has 0 bridgehead atoms. The van der Waals surface area contributed by atoms with Gasteiger partial charge in [-0.2, -0.15) is 0 Å². The Hall–Kier alpha value is -2.73. The summed E-state index contributed by atoms with van der Waals surface area (Å²) in [6.45, 7) is 5.30. The van der Waals surface area contributed by atoms with Crippen LogP contribution >= 0.6 is 11.8 Å². The number of carbonyl (C=O) groups excluding carboxylic acids is 1. The molecule has 0 aromatic heterocycles. The molecule has 158 valence electrons. The minimum Gasteiger partial charge on any atom is -0.493 e. The maximum Gasteiger partial charge on any atom is 0.266 e. The first-order chi connectivity index (χ1) is 14.7. The van der Waals surface area contributed by atoms with Gasteiger partial charge in [-0.15, -0.1) is 0 Å². The third kappa shape index (κ3) is 5.25. The largest absolute Gasteiger partial charge is 0.493 e. The van der Waals surface area contributed by atoms with E-state index in [2.05, 4.69) is 11.9 Å². The van der Waals surface area contributed by atoms with Gasteiger partial charge in [-0.3, -0.25) is 9.69 Å². The maximum absolute atomic E-state index is 13.0. The van der Waals surface area contributed by atoms with Crippen molar-refractivity contribution in [3.8, 4) is 11.5 Å². The van der Waals surface area contributed by atoms with E-state index >= 15 is 0 Å². The van der Waals surface area contributed by atoms with Gasteiger partial charge in [-0.25, -0.2) is 4.99 Å². The number of benzene rings is 2. The molecule has 1 heterocycles. The molecule has 0 atom stereocenters. The van der Waals surface area contributed by atoms with Crippen molar-refractivity contribution in [1.82, 2.24) is 4.90 Å². The number of unbranched alkanes of at least 4 members (excludes halogenated alkanes) is 2. The highest BCUT2D eigenvalue weighted by Crippen LogP contribution is 2.38. The fourth-order valence-electron chi connectivity index (χ4n) is 3.11. The number of aliphatic imine (C=N–C) groups is 1. The zero-order valence-electron chi connectivity index (χ0n) is 17.8. The number of thioether (sulfide) groups is 1. The van der Waals surface area contributed by atoms with Gasteiger partial charge in [-0.1, -0.05) is 50.1 Å². The number of amidine groups is 1. The Morgan fingerprint density at radius 1 is 1.07 bits per heavy atom. The summed E-state index contributed by atoms with van der Waals surface area (Å²) in [6, 6.07) is 15.4. The highest BCUT2D eigenvalue weighted by molar-refractivity contribution is 8.18. The van der Waals surface area contributed by atoms with Crippen LogP contribution < -0.4 is 9.47 Å². The number of likely N-dealkylation sites (N-methyl/N-ethyl adjacent to an activating group) is 1. The lowest BCUT2D eigenvalue weighted by Gasteiger charge is -2.14. The van der Waals surface area contributed by atoms with Crippen LogP contribution in [0.1, 0.15) is 38.7 Å². The van der Waals surface area contributed by atoms with Crippen molar-refractivity contribution >= 4 is 34.6 Å². The van der Waals surface area contributed by atoms with Crippen LogP contribution in [0.3, 0.4) is 0 Å². The van der Waals surface area contributed by atoms with Crippen LogP contribution in [-0.2, 0) is 4.79 Å². The average molecular weight is 425 g/mol. The summed E-state index contributed by atoms with van der Waals surface area (Å²) >= 11 is 1.39. The summed E-state index contributed by atoms with van der Waals surface area (Å²) in [5.74, 6) is 1.30. The number of carbonyl (C=O) groups is 1. The molecule has 1 saturated heterocycles. The lowest BCUT2D eigenvalue weighted by molar-refractivity contribution is -0.122. The van der Waals surface area contributed by atoms with Crippen molar-refractivity contribution in [2.24, 2.45) is 4.99 Å². The fraction of sp³-hybridized carbons (Fsp3) is 0.333. The summed E-state index contributed by atoms with van der Waals surface area (Å²) in [4.78, 5) is 20.0. The Morgan fingerprint density at radius 3 is 2.57 bits per heavy atom. The van der Waals surface area contributed by atoms with Gasteiger partial charge in [0.15, 0.2) is 16.7 Å². The first-order valence-electron chi connectivity index (χ1n) is 10.3. The van der Waals surface area contributed by atoms with Gasteiger partial charge in [0.1, 0.15) is 0 Å². The van der Waals surface area contributed by atoms with Crippen molar-refractivity contribution in [3.05, 3.63) is 59.0 Å². The van der Waals surface area contributed by atoms with E-state index in [4.69, 9.17) is 9.47 Å². The average Bonchev–Trinajstić information content (AvgIpc) is 3.06. The topological polar surface area (TPSA) is 51.1 Å². The number of hydrogen-bond donors (Lipinski definition) is 0. The molecule has 0 radical (unpaired) electrons. The summed E-state index contributed by atoms with van der Waals surface area (Å²) in [5, 5.41) is 0.688.